The zero-order chi connectivity index (χ0) is 19.6. The number of rotatable bonds is 5. The van der Waals surface area contributed by atoms with Gasteiger partial charge in [-0.05, 0) is 29.9 Å². The molecular formula is C22H24N2O3S. The third kappa shape index (κ3) is 3.61. The maximum absolute atomic E-state index is 12.9. The van der Waals surface area contributed by atoms with E-state index in [1.807, 2.05) is 47.8 Å². The van der Waals surface area contributed by atoms with E-state index in [0.717, 1.165) is 42.5 Å². The molecule has 1 atom stereocenters. The minimum atomic E-state index is -0.553. The Morgan fingerprint density at radius 1 is 1.07 bits per heavy atom. The van der Waals surface area contributed by atoms with Gasteiger partial charge in [0.25, 0.3) is 0 Å². The number of nitrogens with zero attached hydrogens (tertiary/aromatic N) is 1. The molecule has 1 aliphatic carbocycles. The Morgan fingerprint density at radius 3 is 2.50 bits per heavy atom. The van der Waals surface area contributed by atoms with Crippen LogP contribution in [0, 0.1) is 5.41 Å². The first-order valence-corrected chi connectivity index (χ1v) is 10.7. The molecule has 2 aliphatic rings. The van der Waals surface area contributed by atoms with E-state index in [0.29, 0.717) is 0 Å². The molecule has 1 aliphatic heterocycles. The molecule has 0 bridgehead atoms. The minimum absolute atomic E-state index is 0.153. The first-order valence-electron chi connectivity index (χ1n) is 9.82. The van der Waals surface area contributed by atoms with Crippen LogP contribution in [0.5, 0.6) is 0 Å². The number of benzene rings is 1. The fourth-order valence-electron chi connectivity index (χ4n) is 4.41. The summed E-state index contributed by atoms with van der Waals surface area (Å²) in [4.78, 5) is 40.4. The van der Waals surface area contributed by atoms with Crippen LogP contribution in [0.2, 0.25) is 0 Å². The van der Waals surface area contributed by atoms with Crippen LogP contribution in [0.4, 0.5) is 0 Å². The van der Waals surface area contributed by atoms with Crippen LogP contribution in [0.1, 0.15) is 55.0 Å². The summed E-state index contributed by atoms with van der Waals surface area (Å²) >= 11 is 1.57. The van der Waals surface area contributed by atoms with E-state index < -0.39 is 5.41 Å². The number of likely N-dealkylation sites (tertiary alicyclic amines) is 1. The van der Waals surface area contributed by atoms with Gasteiger partial charge in [0.2, 0.25) is 17.7 Å². The van der Waals surface area contributed by atoms with Gasteiger partial charge in [-0.25, -0.2) is 0 Å². The summed E-state index contributed by atoms with van der Waals surface area (Å²) in [6, 6.07) is 13.4. The lowest BCUT2D eigenvalue weighted by atomic mass is 9.73. The maximum Gasteiger partial charge on any atom is 0.240 e. The third-order valence-corrected chi connectivity index (χ3v) is 6.80. The second-order valence-electron chi connectivity index (χ2n) is 7.73. The van der Waals surface area contributed by atoms with E-state index in [1.54, 1.807) is 11.3 Å². The number of amides is 3. The van der Waals surface area contributed by atoms with Crippen LogP contribution in [-0.4, -0.2) is 29.2 Å². The van der Waals surface area contributed by atoms with Crippen molar-refractivity contribution < 1.29 is 14.4 Å². The van der Waals surface area contributed by atoms with Crippen molar-refractivity contribution in [3.8, 4) is 0 Å². The summed E-state index contributed by atoms with van der Waals surface area (Å²) in [6.07, 6.45) is 4.85. The van der Waals surface area contributed by atoms with Gasteiger partial charge >= 0.3 is 0 Å². The molecule has 1 aromatic heterocycles. The van der Waals surface area contributed by atoms with Crippen molar-refractivity contribution in [1.82, 2.24) is 10.2 Å². The van der Waals surface area contributed by atoms with Crippen molar-refractivity contribution in [1.29, 1.82) is 0 Å². The van der Waals surface area contributed by atoms with Gasteiger partial charge in [-0.3, -0.25) is 19.3 Å². The van der Waals surface area contributed by atoms with Crippen LogP contribution < -0.4 is 5.32 Å². The second-order valence-corrected chi connectivity index (χ2v) is 8.71. The fraction of sp³-hybridized carbons (Fsp3) is 0.409. The highest BCUT2D eigenvalue weighted by Crippen LogP contribution is 2.45. The normalized spacial score (nSPS) is 19.8. The van der Waals surface area contributed by atoms with Crippen LogP contribution >= 0.6 is 11.3 Å². The average molecular weight is 397 g/mol. The zero-order valence-corrected chi connectivity index (χ0v) is 16.5. The monoisotopic (exact) mass is 396 g/mol. The summed E-state index contributed by atoms with van der Waals surface area (Å²) in [6.45, 7) is -0.200. The molecule has 1 N–H and O–H groups in total. The first kappa shape index (κ1) is 18.9. The van der Waals surface area contributed by atoms with Gasteiger partial charge in [-0.1, -0.05) is 55.7 Å². The van der Waals surface area contributed by atoms with E-state index in [-0.39, 0.29) is 36.7 Å². The molecule has 5 nitrogen and oxygen atoms in total. The van der Waals surface area contributed by atoms with Gasteiger partial charge in [0.15, 0.2) is 0 Å². The number of carbonyl (C=O) groups excluding carboxylic acids is 3. The number of hydrogen-bond donors (Lipinski definition) is 1. The van der Waals surface area contributed by atoms with Gasteiger partial charge in [-0.2, -0.15) is 0 Å². The molecule has 1 saturated carbocycles. The molecule has 1 spiro atoms. The number of imide groups is 1. The maximum atomic E-state index is 12.9. The van der Waals surface area contributed by atoms with Gasteiger partial charge in [0, 0.05) is 11.3 Å². The molecule has 3 amide bonds. The van der Waals surface area contributed by atoms with Crippen LogP contribution in [0.3, 0.4) is 0 Å². The highest BCUT2D eigenvalue weighted by Gasteiger charge is 2.51. The Kier molecular flexibility index (Phi) is 5.31. The van der Waals surface area contributed by atoms with Crippen molar-refractivity contribution in [3.05, 3.63) is 58.3 Å². The predicted molar refractivity (Wildman–Crippen MR) is 108 cm³/mol. The molecule has 28 heavy (non-hydrogen) atoms. The van der Waals surface area contributed by atoms with Crippen molar-refractivity contribution in [2.75, 3.05) is 6.54 Å². The molecular weight excluding hydrogens is 372 g/mol. The van der Waals surface area contributed by atoms with Gasteiger partial charge in [0.05, 0.1) is 11.5 Å². The molecule has 146 valence electrons. The summed E-state index contributed by atoms with van der Waals surface area (Å²) in [5.74, 6) is -0.675. The second kappa shape index (κ2) is 7.87. The summed E-state index contributed by atoms with van der Waals surface area (Å²) < 4.78 is 0. The van der Waals surface area contributed by atoms with Crippen LogP contribution in [-0.2, 0) is 14.4 Å². The van der Waals surface area contributed by atoms with Crippen molar-refractivity contribution in [2.24, 2.45) is 5.41 Å². The molecule has 6 heteroatoms. The van der Waals surface area contributed by atoms with Crippen molar-refractivity contribution >= 4 is 29.1 Å². The Morgan fingerprint density at radius 2 is 1.82 bits per heavy atom. The van der Waals surface area contributed by atoms with E-state index in [2.05, 4.69) is 5.32 Å². The van der Waals surface area contributed by atoms with Gasteiger partial charge in [0.1, 0.15) is 6.54 Å². The third-order valence-electron chi connectivity index (χ3n) is 5.87. The number of hydrogen-bond acceptors (Lipinski definition) is 4. The Balaban J connectivity index is 1.48. The lowest BCUT2D eigenvalue weighted by Crippen LogP contribution is -2.43. The largest absolute Gasteiger partial charge is 0.343 e. The molecule has 1 aromatic carbocycles. The van der Waals surface area contributed by atoms with Gasteiger partial charge in [-0.15, -0.1) is 11.3 Å². The Hall–Kier alpha value is -2.47. The Labute approximate surface area is 168 Å². The number of carbonyl (C=O) groups is 3. The van der Waals surface area contributed by atoms with Gasteiger partial charge < -0.3 is 5.32 Å². The number of thiophene rings is 1. The van der Waals surface area contributed by atoms with Crippen LogP contribution in [0.25, 0.3) is 0 Å². The summed E-state index contributed by atoms with van der Waals surface area (Å²) in [5.41, 5.74) is 0.420. The molecule has 2 aromatic rings. The number of nitrogens with one attached hydrogen (secondary N) is 1. The lowest BCUT2D eigenvalue weighted by molar-refractivity contribution is -0.145. The zero-order valence-electron chi connectivity index (χ0n) is 15.7. The smallest absolute Gasteiger partial charge is 0.240 e. The van der Waals surface area contributed by atoms with Crippen LogP contribution in [0.15, 0.2) is 47.8 Å². The average Bonchev–Trinajstić information content (AvgIpc) is 3.31. The topological polar surface area (TPSA) is 66.5 Å². The quantitative estimate of drug-likeness (QED) is 0.785. The molecule has 0 radical (unpaired) electrons. The first-order chi connectivity index (χ1) is 13.6. The highest BCUT2D eigenvalue weighted by atomic mass is 32.1. The lowest BCUT2D eigenvalue weighted by Gasteiger charge is -2.30. The molecule has 0 unspecified atom stereocenters. The van der Waals surface area contributed by atoms with E-state index >= 15 is 0 Å². The summed E-state index contributed by atoms with van der Waals surface area (Å²) in [5, 5.41) is 4.99. The molecule has 4 rings (SSSR count). The predicted octanol–water partition coefficient (Wildman–Crippen LogP) is 3.66. The highest BCUT2D eigenvalue weighted by molar-refractivity contribution is 7.10. The fourth-order valence-corrected chi connectivity index (χ4v) is 5.21. The Bertz CT molecular complexity index is 857. The van der Waals surface area contributed by atoms with Crippen molar-refractivity contribution in [2.45, 2.75) is 44.6 Å². The SMILES string of the molecule is O=C(CN1C(=O)CC2(CCCCC2)C1=O)N[C@@H](c1ccccc1)c1cccs1. The summed E-state index contributed by atoms with van der Waals surface area (Å²) in [7, 11) is 0. The molecule has 2 heterocycles. The van der Waals surface area contributed by atoms with E-state index in [1.165, 1.54) is 4.90 Å². The standard InChI is InChI=1S/C22H24N2O3S/c25-18(15-24-19(26)14-22(21(24)27)11-5-2-6-12-22)23-20(17-10-7-13-28-17)16-8-3-1-4-9-16/h1,3-4,7-10,13,20H,2,5-6,11-12,14-15H2,(H,23,25)/t20-/m0/s1. The van der Waals surface area contributed by atoms with E-state index in [4.69, 9.17) is 0 Å². The van der Waals surface area contributed by atoms with E-state index in [9.17, 15) is 14.4 Å². The molecule has 2 fully saturated rings. The minimum Gasteiger partial charge on any atom is -0.343 e. The molecule has 1 saturated heterocycles. The van der Waals surface area contributed by atoms with Crippen molar-refractivity contribution in [3.63, 3.8) is 0 Å².